The Kier molecular flexibility index (Phi) is 3.86. The van der Waals surface area contributed by atoms with Crippen molar-refractivity contribution < 1.29 is 13.6 Å². The van der Waals surface area contributed by atoms with Gasteiger partial charge in [-0.2, -0.15) is 0 Å². The fraction of sp³-hybridized carbons (Fsp3) is 0.364. The summed E-state index contributed by atoms with van der Waals surface area (Å²) in [5, 5.41) is 2.57. The number of carbonyl (C=O) groups is 1. The number of hydrogen-bond donors (Lipinski definition) is 1. The first kappa shape index (κ1) is 12.9. The average molecular weight is 248 g/mol. The standard InChI is InChI=1S/C11H12ClF2NO/c1-11(2,15-10(16)6-12)7-3-8(13)5-9(14)4-7/h3-5H,6H2,1-2H3,(H,15,16). The van der Waals surface area contributed by atoms with E-state index in [9.17, 15) is 13.6 Å². The van der Waals surface area contributed by atoms with Crippen molar-refractivity contribution >= 4 is 17.5 Å². The van der Waals surface area contributed by atoms with Crippen LogP contribution in [0.3, 0.4) is 0 Å². The lowest BCUT2D eigenvalue weighted by Crippen LogP contribution is -2.41. The van der Waals surface area contributed by atoms with Crippen molar-refractivity contribution in [1.29, 1.82) is 0 Å². The van der Waals surface area contributed by atoms with Crippen LogP contribution >= 0.6 is 11.6 Å². The summed E-state index contributed by atoms with van der Waals surface area (Å²) >= 11 is 5.35. The van der Waals surface area contributed by atoms with Crippen LogP contribution in [0.1, 0.15) is 19.4 Å². The van der Waals surface area contributed by atoms with Gasteiger partial charge in [0.2, 0.25) is 5.91 Å². The maximum absolute atomic E-state index is 13.0. The molecule has 0 aliphatic carbocycles. The van der Waals surface area contributed by atoms with E-state index in [1.54, 1.807) is 13.8 Å². The Bertz CT molecular complexity index is 387. The normalized spacial score (nSPS) is 11.3. The molecule has 0 spiro atoms. The summed E-state index contributed by atoms with van der Waals surface area (Å²) in [4.78, 5) is 11.1. The third kappa shape index (κ3) is 3.17. The van der Waals surface area contributed by atoms with Gasteiger partial charge in [0.1, 0.15) is 17.5 Å². The van der Waals surface area contributed by atoms with Crippen LogP contribution in [0.25, 0.3) is 0 Å². The second kappa shape index (κ2) is 4.78. The lowest BCUT2D eigenvalue weighted by molar-refractivity contribution is -0.120. The van der Waals surface area contributed by atoms with Gasteiger partial charge in [-0.3, -0.25) is 4.79 Å². The SMILES string of the molecule is CC(C)(NC(=O)CCl)c1cc(F)cc(F)c1. The molecule has 2 nitrogen and oxygen atoms in total. The molecule has 88 valence electrons. The van der Waals surface area contributed by atoms with Crippen molar-refractivity contribution in [3.63, 3.8) is 0 Å². The van der Waals surface area contributed by atoms with E-state index < -0.39 is 23.1 Å². The number of nitrogens with one attached hydrogen (secondary N) is 1. The number of alkyl halides is 1. The van der Waals surface area contributed by atoms with Crippen LogP contribution < -0.4 is 5.32 Å². The zero-order valence-electron chi connectivity index (χ0n) is 8.98. The van der Waals surface area contributed by atoms with Gasteiger partial charge in [-0.05, 0) is 31.5 Å². The molecule has 0 aliphatic heterocycles. The summed E-state index contributed by atoms with van der Waals surface area (Å²) in [5.74, 6) is -1.94. The van der Waals surface area contributed by atoms with Gasteiger partial charge in [0, 0.05) is 6.07 Å². The second-order valence-electron chi connectivity index (χ2n) is 3.96. The van der Waals surface area contributed by atoms with E-state index in [0.717, 1.165) is 6.07 Å². The summed E-state index contributed by atoms with van der Waals surface area (Å²) in [6.07, 6.45) is 0. The molecule has 0 saturated carbocycles. The van der Waals surface area contributed by atoms with E-state index in [4.69, 9.17) is 11.6 Å². The molecule has 0 aliphatic rings. The Morgan fingerprint density at radius 1 is 1.31 bits per heavy atom. The highest BCUT2D eigenvalue weighted by Crippen LogP contribution is 2.22. The smallest absolute Gasteiger partial charge is 0.235 e. The molecule has 0 fully saturated rings. The van der Waals surface area contributed by atoms with Crippen LogP contribution in [-0.4, -0.2) is 11.8 Å². The third-order valence-corrected chi connectivity index (χ3v) is 2.40. The van der Waals surface area contributed by atoms with E-state index in [-0.39, 0.29) is 5.88 Å². The van der Waals surface area contributed by atoms with Crippen molar-refractivity contribution in [2.75, 3.05) is 5.88 Å². The van der Waals surface area contributed by atoms with E-state index in [2.05, 4.69) is 5.32 Å². The van der Waals surface area contributed by atoms with Crippen LogP contribution in [0, 0.1) is 11.6 Å². The first-order chi connectivity index (χ1) is 7.35. The first-order valence-electron chi connectivity index (χ1n) is 4.68. The van der Waals surface area contributed by atoms with Crippen LogP contribution in [-0.2, 0) is 10.3 Å². The van der Waals surface area contributed by atoms with Crippen molar-refractivity contribution in [1.82, 2.24) is 5.32 Å². The molecule has 1 rings (SSSR count). The Morgan fingerprint density at radius 2 is 1.81 bits per heavy atom. The van der Waals surface area contributed by atoms with E-state index in [0.29, 0.717) is 5.56 Å². The highest BCUT2D eigenvalue weighted by Gasteiger charge is 2.23. The largest absolute Gasteiger partial charge is 0.346 e. The van der Waals surface area contributed by atoms with Gasteiger partial charge < -0.3 is 5.32 Å². The van der Waals surface area contributed by atoms with Crippen molar-refractivity contribution in [3.05, 3.63) is 35.4 Å². The molecule has 0 atom stereocenters. The summed E-state index contributed by atoms with van der Waals surface area (Å²) < 4.78 is 26.0. The molecule has 0 heterocycles. The zero-order valence-corrected chi connectivity index (χ0v) is 9.74. The maximum Gasteiger partial charge on any atom is 0.235 e. The van der Waals surface area contributed by atoms with Crippen LogP contribution in [0.4, 0.5) is 8.78 Å². The van der Waals surface area contributed by atoms with Crippen LogP contribution in [0.5, 0.6) is 0 Å². The Hall–Kier alpha value is -1.16. The van der Waals surface area contributed by atoms with Crippen molar-refractivity contribution in [2.45, 2.75) is 19.4 Å². The summed E-state index contributed by atoms with van der Waals surface area (Å²) in [7, 11) is 0. The molecule has 0 aromatic heterocycles. The van der Waals surface area contributed by atoms with Gasteiger partial charge in [-0.15, -0.1) is 11.6 Å². The molecule has 1 amide bonds. The molecule has 0 unspecified atom stereocenters. The Labute approximate surface area is 97.6 Å². The van der Waals surface area contributed by atoms with Crippen LogP contribution in [0.2, 0.25) is 0 Å². The summed E-state index contributed by atoms with van der Waals surface area (Å²) in [6.45, 7) is 3.29. The molecular weight excluding hydrogens is 236 g/mol. The minimum Gasteiger partial charge on any atom is -0.346 e. The van der Waals surface area contributed by atoms with Gasteiger partial charge >= 0.3 is 0 Å². The van der Waals surface area contributed by atoms with E-state index in [1.165, 1.54) is 12.1 Å². The molecule has 16 heavy (non-hydrogen) atoms. The molecule has 0 radical (unpaired) electrons. The van der Waals surface area contributed by atoms with Crippen LogP contribution in [0.15, 0.2) is 18.2 Å². The molecule has 0 bridgehead atoms. The predicted octanol–water partition coefficient (Wildman–Crippen LogP) is 2.55. The van der Waals surface area contributed by atoms with Gasteiger partial charge in [0.05, 0.1) is 5.54 Å². The van der Waals surface area contributed by atoms with Gasteiger partial charge in [-0.1, -0.05) is 0 Å². The molecule has 1 aromatic carbocycles. The fourth-order valence-corrected chi connectivity index (χ4v) is 1.44. The number of rotatable bonds is 3. The minimum absolute atomic E-state index is 0.193. The highest BCUT2D eigenvalue weighted by molar-refractivity contribution is 6.27. The quantitative estimate of drug-likeness (QED) is 0.818. The average Bonchev–Trinajstić information content (AvgIpc) is 2.15. The summed E-state index contributed by atoms with van der Waals surface area (Å²) in [5.41, 5.74) is -0.516. The topological polar surface area (TPSA) is 29.1 Å². The monoisotopic (exact) mass is 247 g/mol. The van der Waals surface area contributed by atoms with Gasteiger partial charge in [-0.25, -0.2) is 8.78 Å². The van der Waals surface area contributed by atoms with Gasteiger partial charge in [0.15, 0.2) is 0 Å². The highest BCUT2D eigenvalue weighted by atomic mass is 35.5. The number of carbonyl (C=O) groups excluding carboxylic acids is 1. The molecule has 1 aromatic rings. The predicted molar refractivity (Wildman–Crippen MR) is 58.2 cm³/mol. The molecule has 5 heteroatoms. The summed E-state index contributed by atoms with van der Waals surface area (Å²) in [6, 6.07) is 3.14. The van der Waals surface area contributed by atoms with E-state index in [1.807, 2.05) is 0 Å². The number of benzene rings is 1. The molecular formula is C11H12ClF2NO. The molecule has 0 saturated heterocycles. The Balaban J connectivity index is 3.01. The maximum atomic E-state index is 13.0. The second-order valence-corrected chi connectivity index (χ2v) is 4.23. The van der Waals surface area contributed by atoms with E-state index >= 15 is 0 Å². The van der Waals surface area contributed by atoms with Gasteiger partial charge in [0.25, 0.3) is 0 Å². The van der Waals surface area contributed by atoms with Crippen molar-refractivity contribution in [3.8, 4) is 0 Å². The minimum atomic E-state index is -0.866. The fourth-order valence-electron chi connectivity index (χ4n) is 1.37. The van der Waals surface area contributed by atoms with Crippen molar-refractivity contribution in [2.24, 2.45) is 0 Å². The number of hydrogen-bond acceptors (Lipinski definition) is 1. The third-order valence-electron chi connectivity index (χ3n) is 2.16. The number of amides is 1. The lowest BCUT2D eigenvalue weighted by atomic mass is 9.94. The lowest BCUT2D eigenvalue weighted by Gasteiger charge is -2.26. The number of halogens is 3. The first-order valence-corrected chi connectivity index (χ1v) is 5.22. The Morgan fingerprint density at radius 3 is 2.25 bits per heavy atom. The molecule has 1 N–H and O–H groups in total. The zero-order chi connectivity index (χ0) is 12.3.